The van der Waals surface area contributed by atoms with Gasteiger partial charge in [0.25, 0.3) is 0 Å². The molecule has 0 spiro atoms. The number of anilines is 1. The fraction of sp³-hybridized carbons (Fsp3) is 0.412. The Bertz CT molecular complexity index is 894. The van der Waals surface area contributed by atoms with E-state index in [2.05, 4.69) is 9.97 Å². The Balaban J connectivity index is 1.71. The van der Waals surface area contributed by atoms with Gasteiger partial charge in [0.2, 0.25) is 5.95 Å². The van der Waals surface area contributed by atoms with Crippen LogP contribution in [0.2, 0.25) is 0 Å². The van der Waals surface area contributed by atoms with Crippen molar-refractivity contribution in [1.29, 1.82) is 0 Å². The van der Waals surface area contributed by atoms with Crippen LogP contribution in [-0.2, 0) is 19.3 Å². The normalized spacial score (nSPS) is 19.6. The van der Waals surface area contributed by atoms with Gasteiger partial charge in [0.15, 0.2) is 9.84 Å². The van der Waals surface area contributed by atoms with Crippen molar-refractivity contribution < 1.29 is 17.5 Å². The van der Waals surface area contributed by atoms with Crippen molar-refractivity contribution in [2.45, 2.75) is 22.5 Å². The molecular formula is C17H18FN3O3S. The molecule has 0 bridgehead atoms. The lowest BCUT2D eigenvalue weighted by molar-refractivity contribution is 0.122. The number of benzene rings is 1. The van der Waals surface area contributed by atoms with Crippen LogP contribution < -0.4 is 4.90 Å². The number of aromatic nitrogens is 2. The first kappa shape index (κ1) is 16.4. The summed E-state index contributed by atoms with van der Waals surface area (Å²) < 4.78 is 43.9. The maximum absolute atomic E-state index is 13.5. The Morgan fingerprint density at radius 3 is 2.60 bits per heavy atom. The van der Waals surface area contributed by atoms with Crippen LogP contribution in [0.3, 0.4) is 0 Å². The van der Waals surface area contributed by atoms with Crippen molar-refractivity contribution in [1.82, 2.24) is 9.97 Å². The lowest BCUT2D eigenvalue weighted by atomic mass is 10.3. The van der Waals surface area contributed by atoms with E-state index in [1.165, 1.54) is 18.2 Å². The molecule has 25 heavy (non-hydrogen) atoms. The van der Waals surface area contributed by atoms with Gasteiger partial charge >= 0.3 is 0 Å². The highest BCUT2D eigenvalue weighted by Crippen LogP contribution is 2.54. The number of halogens is 1. The Kier molecular flexibility index (Phi) is 3.96. The molecule has 8 heteroatoms. The molecule has 1 saturated carbocycles. The summed E-state index contributed by atoms with van der Waals surface area (Å²) >= 11 is 0. The van der Waals surface area contributed by atoms with Crippen molar-refractivity contribution in [2.75, 3.05) is 31.2 Å². The summed E-state index contributed by atoms with van der Waals surface area (Å²) in [5, 5.41) is 0. The van der Waals surface area contributed by atoms with Gasteiger partial charge in [-0.05, 0) is 37.1 Å². The molecule has 0 amide bonds. The number of morpholine rings is 1. The second-order valence-corrected chi connectivity index (χ2v) is 8.56. The van der Waals surface area contributed by atoms with Crippen LogP contribution >= 0.6 is 0 Å². The maximum Gasteiger partial charge on any atom is 0.225 e. The number of sulfone groups is 1. The van der Waals surface area contributed by atoms with Crippen molar-refractivity contribution in [3.05, 3.63) is 48.0 Å². The van der Waals surface area contributed by atoms with E-state index in [0.29, 0.717) is 50.8 Å². The highest BCUT2D eigenvalue weighted by atomic mass is 32.2. The van der Waals surface area contributed by atoms with Crippen LogP contribution in [-0.4, -0.2) is 44.7 Å². The maximum atomic E-state index is 13.5. The zero-order valence-corrected chi connectivity index (χ0v) is 14.4. The summed E-state index contributed by atoms with van der Waals surface area (Å²) in [6, 6.07) is 6.80. The SMILES string of the molecule is O=S(=O)(c1cccc(F)c1)C1(c2ccnc(N3CCOCC3)n2)CC1. The molecule has 0 unspecified atom stereocenters. The van der Waals surface area contributed by atoms with Gasteiger partial charge in [-0.3, -0.25) is 0 Å². The zero-order valence-electron chi connectivity index (χ0n) is 13.6. The van der Waals surface area contributed by atoms with Gasteiger partial charge in [0, 0.05) is 19.3 Å². The summed E-state index contributed by atoms with van der Waals surface area (Å²) in [7, 11) is -3.72. The third-order valence-electron chi connectivity index (χ3n) is 4.73. The average Bonchev–Trinajstić information content (AvgIpc) is 3.45. The second-order valence-electron chi connectivity index (χ2n) is 6.30. The lowest BCUT2D eigenvalue weighted by Crippen LogP contribution is -2.37. The third-order valence-corrected chi connectivity index (χ3v) is 7.25. The smallest absolute Gasteiger partial charge is 0.225 e. The first-order chi connectivity index (χ1) is 12.0. The molecule has 0 radical (unpaired) electrons. The molecule has 2 heterocycles. The zero-order chi connectivity index (χ0) is 17.5. The molecule has 1 aliphatic heterocycles. The molecule has 0 atom stereocenters. The molecule has 1 aromatic carbocycles. The number of hydrogen-bond acceptors (Lipinski definition) is 6. The van der Waals surface area contributed by atoms with Crippen molar-refractivity contribution in [3.8, 4) is 0 Å². The Morgan fingerprint density at radius 2 is 1.92 bits per heavy atom. The number of nitrogens with zero attached hydrogens (tertiary/aromatic N) is 3. The summed E-state index contributed by atoms with van der Waals surface area (Å²) in [6.45, 7) is 2.54. The topological polar surface area (TPSA) is 72.4 Å². The summed E-state index contributed by atoms with van der Waals surface area (Å²) in [5.74, 6) is -0.0462. The van der Waals surface area contributed by atoms with Crippen molar-refractivity contribution in [2.24, 2.45) is 0 Å². The molecule has 2 aromatic rings. The fourth-order valence-corrected chi connectivity index (χ4v) is 5.16. The first-order valence-electron chi connectivity index (χ1n) is 8.19. The summed E-state index contributed by atoms with van der Waals surface area (Å²) in [4.78, 5) is 10.8. The van der Waals surface area contributed by atoms with E-state index < -0.39 is 20.4 Å². The van der Waals surface area contributed by atoms with Gasteiger partial charge in [0.1, 0.15) is 10.6 Å². The van der Waals surface area contributed by atoms with E-state index in [1.54, 1.807) is 12.3 Å². The second kappa shape index (κ2) is 6.03. The molecule has 1 aliphatic carbocycles. The molecule has 132 valence electrons. The minimum absolute atomic E-state index is 0.00321. The third kappa shape index (κ3) is 2.79. The molecule has 1 aromatic heterocycles. The number of ether oxygens (including phenoxy) is 1. The van der Waals surface area contributed by atoms with Gasteiger partial charge in [0.05, 0.1) is 23.8 Å². The highest BCUT2D eigenvalue weighted by Gasteiger charge is 2.57. The standard InChI is InChI=1S/C17H18FN3O3S/c18-13-2-1-3-14(12-13)25(22,23)17(5-6-17)15-4-7-19-16(20-15)21-8-10-24-11-9-21/h1-4,7,12H,5-6,8-11H2. The van der Waals surface area contributed by atoms with E-state index in [1.807, 2.05) is 4.90 Å². The fourth-order valence-electron chi connectivity index (χ4n) is 3.15. The summed E-state index contributed by atoms with van der Waals surface area (Å²) in [6.07, 6.45) is 2.55. The quantitative estimate of drug-likeness (QED) is 0.826. The predicted molar refractivity (Wildman–Crippen MR) is 89.6 cm³/mol. The minimum atomic E-state index is -3.72. The van der Waals surface area contributed by atoms with Gasteiger partial charge in [-0.25, -0.2) is 22.8 Å². The minimum Gasteiger partial charge on any atom is -0.378 e. The van der Waals surface area contributed by atoms with Gasteiger partial charge in [-0.2, -0.15) is 0 Å². The van der Waals surface area contributed by atoms with Gasteiger partial charge < -0.3 is 9.64 Å². The number of hydrogen-bond donors (Lipinski definition) is 0. The molecule has 2 fully saturated rings. The Labute approximate surface area is 145 Å². The van der Waals surface area contributed by atoms with Crippen LogP contribution in [0.5, 0.6) is 0 Å². The number of rotatable bonds is 4. The van der Waals surface area contributed by atoms with Crippen LogP contribution in [0.15, 0.2) is 41.4 Å². The van der Waals surface area contributed by atoms with Gasteiger partial charge in [-0.15, -0.1) is 0 Å². The van der Waals surface area contributed by atoms with Crippen LogP contribution in [0.4, 0.5) is 10.3 Å². The van der Waals surface area contributed by atoms with Gasteiger partial charge in [-0.1, -0.05) is 6.07 Å². The van der Waals surface area contributed by atoms with E-state index in [-0.39, 0.29) is 4.90 Å². The van der Waals surface area contributed by atoms with E-state index >= 15 is 0 Å². The molecule has 4 rings (SSSR count). The summed E-state index contributed by atoms with van der Waals surface area (Å²) in [5.41, 5.74) is 0.480. The molecule has 0 N–H and O–H groups in total. The molecule has 6 nitrogen and oxygen atoms in total. The van der Waals surface area contributed by atoms with E-state index in [4.69, 9.17) is 4.74 Å². The van der Waals surface area contributed by atoms with Crippen molar-refractivity contribution in [3.63, 3.8) is 0 Å². The lowest BCUT2D eigenvalue weighted by Gasteiger charge is -2.27. The molecule has 1 saturated heterocycles. The van der Waals surface area contributed by atoms with E-state index in [0.717, 1.165) is 6.07 Å². The largest absolute Gasteiger partial charge is 0.378 e. The van der Waals surface area contributed by atoms with Crippen LogP contribution in [0.25, 0.3) is 0 Å². The molecule has 2 aliphatic rings. The first-order valence-corrected chi connectivity index (χ1v) is 9.68. The van der Waals surface area contributed by atoms with E-state index in [9.17, 15) is 12.8 Å². The highest BCUT2D eigenvalue weighted by molar-refractivity contribution is 7.92. The van der Waals surface area contributed by atoms with Crippen LogP contribution in [0, 0.1) is 5.82 Å². The predicted octanol–water partition coefficient (Wildman–Crippen LogP) is 1.92. The monoisotopic (exact) mass is 363 g/mol. The average molecular weight is 363 g/mol. The Hall–Kier alpha value is -2.06. The molecular weight excluding hydrogens is 345 g/mol. The Morgan fingerprint density at radius 1 is 1.16 bits per heavy atom. The van der Waals surface area contributed by atoms with Crippen LogP contribution in [0.1, 0.15) is 18.5 Å². The van der Waals surface area contributed by atoms with Crippen molar-refractivity contribution >= 4 is 15.8 Å².